The van der Waals surface area contributed by atoms with Crippen LogP contribution in [0.5, 0.6) is 0 Å². The molecule has 1 N–H and O–H groups in total. The molecule has 2 heterocycles. The zero-order valence-corrected chi connectivity index (χ0v) is 12.0. The topological polar surface area (TPSA) is 51.0 Å². The van der Waals surface area contributed by atoms with Crippen LogP contribution in [0.3, 0.4) is 0 Å². The van der Waals surface area contributed by atoms with Gasteiger partial charge in [-0.3, -0.25) is 0 Å². The van der Waals surface area contributed by atoms with Crippen molar-refractivity contribution in [2.75, 3.05) is 13.1 Å². The highest BCUT2D eigenvalue weighted by molar-refractivity contribution is 9.10. The average Bonchev–Trinajstić information content (AvgIpc) is 2.96. The van der Waals surface area contributed by atoms with Gasteiger partial charge in [0.1, 0.15) is 5.82 Å². The highest BCUT2D eigenvalue weighted by atomic mass is 79.9. The van der Waals surface area contributed by atoms with Gasteiger partial charge in [-0.25, -0.2) is 4.39 Å². The molecule has 1 atom stereocenters. The summed E-state index contributed by atoms with van der Waals surface area (Å²) in [5.41, 5.74) is 0.479. The maximum atomic E-state index is 13.4. The Morgan fingerprint density at radius 3 is 2.95 bits per heavy atom. The van der Waals surface area contributed by atoms with Crippen LogP contribution in [0.15, 0.2) is 27.2 Å². The first kappa shape index (κ1) is 12.7. The van der Waals surface area contributed by atoms with Crippen LogP contribution in [0, 0.1) is 5.82 Å². The molecule has 1 aromatic carbocycles. The standard InChI is InChI=1S/C13H13BrFN3O/c1-13(2-3-16-7-13)12-17-11(18-19-12)8-4-9(14)6-10(15)5-8/h4-6,16H,2-3,7H2,1H3. The molecule has 4 nitrogen and oxygen atoms in total. The van der Waals surface area contributed by atoms with Gasteiger partial charge in [0, 0.05) is 16.6 Å². The van der Waals surface area contributed by atoms with Crippen LogP contribution in [0.1, 0.15) is 19.2 Å². The molecule has 0 amide bonds. The molecule has 1 aliphatic heterocycles. The van der Waals surface area contributed by atoms with E-state index in [1.807, 2.05) is 0 Å². The van der Waals surface area contributed by atoms with Crippen molar-refractivity contribution in [3.05, 3.63) is 34.4 Å². The Morgan fingerprint density at radius 2 is 2.26 bits per heavy atom. The second-order valence-corrected chi connectivity index (χ2v) is 5.98. The highest BCUT2D eigenvalue weighted by Crippen LogP contribution is 2.30. The van der Waals surface area contributed by atoms with Crippen LogP contribution >= 0.6 is 15.9 Å². The Balaban J connectivity index is 1.96. The van der Waals surface area contributed by atoms with E-state index in [0.717, 1.165) is 19.5 Å². The number of hydrogen-bond donors (Lipinski definition) is 1. The van der Waals surface area contributed by atoms with Crippen molar-refractivity contribution in [1.29, 1.82) is 0 Å². The van der Waals surface area contributed by atoms with Gasteiger partial charge in [-0.2, -0.15) is 4.98 Å². The highest BCUT2D eigenvalue weighted by Gasteiger charge is 2.36. The maximum absolute atomic E-state index is 13.4. The second kappa shape index (κ2) is 4.68. The third-order valence-electron chi connectivity index (χ3n) is 3.43. The van der Waals surface area contributed by atoms with Crippen LogP contribution in [0.25, 0.3) is 11.4 Å². The number of benzene rings is 1. The van der Waals surface area contributed by atoms with Crippen molar-refractivity contribution in [3.8, 4) is 11.4 Å². The summed E-state index contributed by atoms with van der Waals surface area (Å²) in [5.74, 6) is 0.695. The number of aromatic nitrogens is 2. The van der Waals surface area contributed by atoms with E-state index < -0.39 is 0 Å². The Morgan fingerprint density at radius 1 is 1.42 bits per heavy atom. The van der Waals surface area contributed by atoms with Gasteiger partial charge >= 0.3 is 0 Å². The molecule has 1 saturated heterocycles. The molecule has 0 aliphatic carbocycles. The van der Waals surface area contributed by atoms with Crippen LogP contribution in [0.4, 0.5) is 4.39 Å². The summed E-state index contributed by atoms with van der Waals surface area (Å²) in [7, 11) is 0. The molecule has 19 heavy (non-hydrogen) atoms. The first-order chi connectivity index (χ1) is 9.07. The van der Waals surface area contributed by atoms with Gasteiger partial charge in [-0.05, 0) is 38.1 Å². The lowest BCUT2D eigenvalue weighted by molar-refractivity contribution is 0.306. The predicted octanol–water partition coefficient (Wildman–Crippen LogP) is 2.89. The average molecular weight is 326 g/mol. The molecule has 0 bridgehead atoms. The van der Waals surface area contributed by atoms with Gasteiger partial charge in [0.15, 0.2) is 0 Å². The fourth-order valence-electron chi connectivity index (χ4n) is 2.27. The molecule has 1 unspecified atom stereocenters. The minimum absolute atomic E-state index is 0.129. The molecule has 3 rings (SSSR count). The molecular formula is C13H13BrFN3O. The van der Waals surface area contributed by atoms with Crippen molar-refractivity contribution < 1.29 is 8.91 Å². The number of rotatable bonds is 2. The summed E-state index contributed by atoms with van der Waals surface area (Å²) in [6.45, 7) is 3.85. The Kier molecular flexibility index (Phi) is 3.14. The zero-order chi connectivity index (χ0) is 13.5. The fourth-order valence-corrected chi connectivity index (χ4v) is 2.73. The van der Waals surface area contributed by atoms with E-state index in [2.05, 4.69) is 38.3 Å². The van der Waals surface area contributed by atoms with Crippen molar-refractivity contribution in [2.45, 2.75) is 18.8 Å². The predicted molar refractivity (Wildman–Crippen MR) is 72.2 cm³/mol. The van der Waals surface area contributed by atoms with Crippen LogP contribution in [-0.4, -0.2) is 23.2 Å². The first-order valence-corrected chi connectivity index (χ1v) is 6.87. The molecule has 0 saturated carbocycles. The van der Waals surface area contributed by atoms with Crippen molar-refractivity contribution >= 4 is 15.9 Å². The minimum atomic E-state index is -0.329. The molecular weight excluding hydrogens is 313 g/mol. The largest absolute Gasteiger partial charge is 0.338 e. The van der Waals surface area contributed by atoms with Crippen molar-refractivity contribution in [2.24, 2.45) is 0 Å². The first-order valence-electron chi connectivity index (χ1n) is 6.08. The molecule has 1 aliphatic rings. The molecule has 100 valence electrons. The smallest absolute Gasteiger partial charge is 0.234 e. The third-order valence-corrected chi connectivity index (χ3v) is 3.89. The Labute approximate surface area is 118 Å². The zero-order valence-electron chi connectivity index (χ0n) is 10.4. The van der Waals surface area contributed by atoms with Crippen molar-refractivity contribution in [1.82, 2.24) is 15.5 Å². The van der Waals surface area contributed by atoms with E-state index >= 15 is 0 Å². The number of hydrogen-bond acceptors (Lipinski definition) is 4. The lowest BCUT2D eigenvalue weighted by Crippen LogP contribution is -2.25. The van der Waals surface area contributed by atoms with Gasteiger partial charge in [-0.1, -0.05) is 21.1 Å². The molecule has 1 aromatic heterocycles. The molecule has 0 radical (unpaired) electrons. The van der Waals surface area contributed by atoms with Gasteiger partial charge in [0.25, 0.3) is 0 Å². The fraction of sp³-hybridized carbons (Fsp3) is 0.385. The van der Waals surface area contributed by atoms with E-state index in [1.165, 1.54) is 12.1 Å². The van der Waals surface area contributed by atoms with E-state index in [9.17, 15) is 4.39 Å². The summed E-state index contributed by atoms with van der Waals surface area (Å²) in [5, 5.41) is 7.24. The molecule has 0 spiro atoms. The Hall–Kier alpha value is -1.27. The summed E-state index contributed by atoms with van der Waals surface area (Å²) < 4.78 is 19.4. The number of halogens is 2. The minimum Gasteiger partial charge on any atom is -0.338 e. The summed E-state index contributed by atoms with van der Waals surface area (Å²) in [6, 6.07) is 4.56. The maximum Gasteiger partial charge on any atom is 0.234 e. The van der Waals surface area contributed by atoms with E-state index in [4.69, 9.17) is 4.52 Å². The van der Waals surface area contributed by atoms with E-state index in [-0.39, 0.29) is 11.2 Å². The van der Waals surface area contributed by atoms with Gasteiger partial charge < -0.3 is 9.84 Å². The molecule has 2 aromatic rings. The van der Waals surface area contributed by atoms with Crippen LogP contribution in [-0.2, 0) is 5.41 Å². The van der Waals surface area contributed by atoms with Crippen molar-refractivity contribution in [3.63, 3.8) is 0 Å². The summed E-state index contributed by atoms with van der Waals surface area (Å²) in [6.07, 6.45) is 0.960. The van der Waals surface area contributed by atoms with Crippen LogP contribution in [0.2, 0.25) is 0 Å². The Bertz CT molecular complexity index is 587. The van der Waals surface area contributed by atoms with Gasteiger partial charge in [-0.15, -0.1) is 0 Å². The quantitative estimate of drug-likeness (QED) is 0.922. The monoisotopic (exact) mass is 325 g/mol. The van der Waals surface area contributed by atoms with Crippen LogP contribution < -0.4 is 5.32 Å². The number of nitrogens with one attached hydrogen (secondary N) is 1. The van der Waals surface area contributed by atoms with Gasteiger partial charge in [0.05, 0.1) is 5.41 Å². The summed E-state index contributed by atoms with van der Waals surface area (Å²) >= 11 is 3.26. The second-order valence-electron chi connectivity index (χ2n) is 5.07. The summed E-state index contributed by atoms with van der Waals surface area (Å²) in [4.78, 5) is 4.41. The lowest BCUT2D eigenvalue weighted by Gasteiger charge is -2.15. The third kappa shape index (κ3) is 2.42. The normalized spacial score (nSPS) is 22.9. The van der Waals surface area contributed by atoms with E-state index in [0.29, 0.717) is 21.8 Å². The number of nitrogens with zero attached hydrogens (tertiary/aromatic N) is 2. The molecule has 6 heteroatoms. The lowest BCUT2D eigenvalue weighted by atomic mass is 9.90. The molecule has 1 fully saturated rings. The van der Waals surface area contributed by atoms with E-state index in [1.54, 1.807) is 6.07 Å². The SMILES string of the molecule is CC1(c2nc(-c3cc(F)cc(Br)c3)no2)CCNC1. The van der Waals surface area contributed by atoms with Gasteiger partial charge in [0.2, 0.25) is 11.7 Å².